The van der Waals surface area contributed by atoms with E-state index in [0.717, 1.165) is 23.6 Å². The quantitative estimate of drug-likeness (QED) is 0.896. The van der Waals surface area contributed by atoms with Crippen LogP contribution in [0.1, 0.15) is 18.1 Å². The summed E-state index contributed by atoms with van der Waals surface area (Å²) in [5, 5.41) is 9.60. The first-order chi connectivity index (χ1) is 8.11. The number of carboxylic acids is 1. The van der Waals surface area contributed by atoms with Crippen LogP contribution in [0.2, 0.25) is 5.02 Å². The van der Waals surface area contributed by atoms with E-state index in [9.17, 15) is 4.79 Å². The van der Waals surface area contributed by atoms with Crippen LogP contribution in [0.3, 0.4) is 0 Å². The van der Waals surface area contributed by atoms with Crippen molar-refractivity contribution in [2.24, 2.45) is 5.92 Å². The molecule has 1 aliphatic rings. The lowest BCUT2D eigenvalue weighted by Gasteiger charge is -2.37. The Morgan fingerprint density at radius 3 is 2.82 bits per heavy atom. The number of benzene rings is 1. The zero-order chi connectivity index (χ0) is 12.4. The number of nitrogens with zero attached hydrogens (tertiary/aromatic N) is 1. The first-order valence-corrected chi connectivity index (χ1v) is 6.21. The van der Waals surface area contributed by atoms with Gasteiger partial charge in [-0.1, -0.05) is 30.7 Å². The third-order valence-electron chi connectivity index (χ3n) is 3.28. The average molecular weight is 254 g/mol. The van der Waals surface area contributed by atoms with E-state index < -0.39 is 5.97 Å². The number of carbonyl (C=O) groups is 1. The molecule has 0 amide bonds. The fraction of sp³-hybridized carbons (Fsp3) is 0.462. The number of hydrogen-bond donors (Lipinski definition) is 1. The van der Waals surface area contributed by atoms with E-state index in [-0.39, 0.29) is 5.92 Å². The smallest absolute Gasteiger partial charge is 0.309 e. The van der Waals surface area contributed by atoms with Gasteiger partial charge in [-0.15, -0.1) is 0 Å². The molecule has 2 rings (SSSR count). The predicted octanol–water partition coefficient (Wildman–Crippen LogP) is 2.42. The number of aliphatic carboxylic acids is 1. The average Bonchev–Trinajstić information content (AvgIpc) is 2.23. The van der Waals surface area contributed by atoms with Gasteiger partial charge in [0.05, 0.1) is 5.92 Å². The van der Waals surface area contributed by atoms with Crippen molar-refractivity contribution in [2.75, 3.05) is 13.1 Å². The third kappa shape index (κ3) is 2.61. The van der Waals surface area contributed by atoms with Crippen LogP contribution in [0.25, 0.3) is 0 Å². The molecule has 0 unspecified atom stereocenters. The Labute approximate surface area is 106 Å². The fourth-order valence-electron chi connectivity index (χ4n) is 2.19. The monoisotopic (exact) mass is 253 g/mol. The minimum atomic E-state index is -0.698. The molecule has 1 aliphatic heterocycles. The Morgan fingerprint density at radius 2 is 2.24 bits per heavy atom. The second kappa shape index (κ2) is 5.07. The number of carboxylic acid groups (broad SMARTS) is 1. The molecule has 0 aromatic heterocycles. The van der Waals surface area contributed by atoms with Gasteiger partial charge in [0.2, 0.25) is 0 Å². The normalized spacial score (nSPS) is 16.8. The molecule has 0 spiro atoms. The molecule has 1 aromatic rings. The summed E-state index contributed by atoms with van der Waals surface area (Å²) >= 11 is 6.19. The lowest BCUT2D eigenvalue weighted by atomic mass is 9.97. The Hall–Kier alpha value is -1.06. The van der Waals surface area contributed by atoms with Gasteiger partial charge in [0, 0.05) is 24.7 Å². The van der Waals surface area contributed by atoms with Crippen molar-refractivity contribution in [2.45, 2.75) is 19.9 Å². The second-order valence-electron chi connectivity index (χ2n) is 4.46. The zero-order valence-corrected chi connectivity index (χ0v) is 10.6. The maximum atomic E-state index is 10.7. The molecule has 0 saturated carbocycles. The van der Waals surface area contributed by atoms with Crippen molar-refractivity contribution in [3.8, 4) is 0 Å². The van der Waals surface area contributed by atoms with Gasteiger partial charge >= 0.3 is 5.97 Å². The Balaban J connectivity index is 2.03. The molecule has 1 saturated heterocycles. The van der Waals surface area contributed by atoms with Gasteiger partial charge in [0.15, 0.2) is 0 Å². The Bertz CT molecular complexity index is 427. The van der Waals surface area contributed by atoms with Gasteiger partial charge in [-0.05, 0) is 23.6 Å². The molecule has 0 radical (unpaired) electrons. The van der Waals surface area contributed by atoms with Gasteiger partial charge in [-0.3, -0.25) is 9.69 Å². The van der Waals surface area contributed by atoms with E-state index in [1.807, 2.05) is 12.1 Å². The first-order valence-electron chi connectivity index (χ1n) is 5.83. The largest absolute Gasteiger partial charge is 0.481 e. The number of rotatable bonds is 4. The molecule has 1 heterocycles. The molecule has 0 bridgehead atoms. The van der Waals surface area contributed by atoms with Crippen LogP contribution in [-0.2, 0) is 17.8 Å². The van der Waals surface area contributed by atoms with Crippen LogP contribution in [0, 0.1) is 5.92 Å². The minimum Gasteiger partial charge on any atom is -0.481 e. The summed E-state index contributed by atoms with van der Waals surface area (Å²) in [7, 11) is 0. The third-order valence-corrected chi connectivity index (χ3v) is 3.64. The van der Waals surface area contributed by atoms with Crippen molar-refractivity contribution in [3.05, 3.63) is 34.3 Å². The van der Waals surface area contributed by atoms with Gasteiger partial charge in [0.25, 0.3) is 0 Å². The van der Waals surface area contributed by atoms with Gasteiger partial charge in [0.1, 0.15) is 0 Å². The summed E-state index contributed by atoms with van der Waals surface area (Å²) in [5.74, 6) is -0.904. The summed E-state index contributed by atoms with van der Waals surface area (Å²) in [6.45, 7) is 4.12. The van der Waals surface area contributed by atoms with Crippen molar-refractivity contribution in [1.82, 2.24) is 4.90 Å². The lowest BCUT2D eigenvalue weighted by molar-refractivity contribution is -0.147. The van der Waals surface area contributed by atoms with Crippen molar-refractivity contribution in [3.63, 3.8) is 0 Å². The molecular weight excluding hydrogens is 238 g/mol. The molecule has 1 aromatic carbocycles. The Kier molecular flexibility index (Phi) is 3.69. The first kappa shape index (κ1) is 12.4. The molecule has 92 valence electrons. The minimum absolute atomic E-state index is 0.206. The summed E-state index contributed by atoms with van der Waals surface area (Å²) < 4.78 is 0. The summed E-state index contributed by atoms with van der Waals surface area (Å²) in [4.78, 5) is 12.8. The van der Waals surface area contributed by atoms with Gasteiger partial charge in [-0.25, -0.2) is 0 Å². The number of halogens is 1. The molecule has 0 aliphatic carbocycles. The molecular formula is C13H16ClNO2. The van der Waals surface area contributed by atoms with Crippen molar-refractivity contribution < 1.29 is 9.90 Å². The lowest BCUT2D eigenvalue weighted by Crippen LogP contribution is -2.49. The van der Waals surface area contributed by atoms with E-state index in [1.165, 1.54) is 5.56 Å². The van der Waals surface area contributed by atoms with E-state index in [0.29, 0.717) is 13.1 Å². The van der Waals surface area contributed by atoms with Crippen LogP contribution in [0.4, 0.5) is 0 Å². The fourth-order valence-corrected chi connectivity index (χ4v) is 2.44. The van der Waals surface area contributed by atoms with Crippen LogP contribution < -0.4 is 0 Å². The number of aryl methyl sites for hydroxylation is 1. The highest BCUT2D eigenvalue weighted by atomic mass is 35.5. The molecule has 1 N–H and O–H groups in total. The summed E-state index contributed by atoms with van der Waals surface area (Å²) in [5.41, 5.74) is 2.39. The summed E-state index contributed by atoms with van der Waals surface area (Å²) in [6.07, 6.45) is 0.950. The molecule has 0 atom stereocenters. The molecule has 4 heteroatoms. The van der Waals surface area contributed by atoms with E-state index in [2.05, 4.69) is 17.9 Å². The highest BCUT2D eigenvalue weighted by Gasteiger charge is 2.32. The van der Waals surface area contributed by atoms with Gasteiger partial charge < -0.3 is 5.11 Å². The SMILES string of the molecule is CCc1cccc(Cl)c1CN1CC(C(=O)O)C1. The maximum Gasteiger partial charge on any atom is 0.309 e. The molecule has 1 fully saturated rings. The predicted molar refractivity (Wildman–Crippen MR) is 67.2 cm³/mol. The van der Waals surface area contributed by atoms with Crippen LogP contribution >= 0.6 is 11.6 Å². The van der Waals surface area contributed by atoms with Gasteiger partial charge in [-0.2, -0.15) is 0 Å². The van der Waals surface area contributed by atoms with Crippen LogP contribution in [-0.4, -0.2) is 29.1 Å². The molecule has 17 heavy (non-hydrogen) atoms. The summed E-state index contributed by atoms with van der Waals surface area (Å²) in [6, 6.07) is 5.93. The maximum absolute atomic E-state index is 10.7. The van der Waals surface area contributed by atoms with Crippen molar-refractivity contribution >= 4 is 17.6 Å². The van der Waals surface area contributed by atoms with E-state index in [4.69, 9.17) is 16.7 Å². The highest BCUT2D eigenvalue weighted by Crippen LogP contribution is 2.26. The highest BCUT2D eigenvalue weighted by molar-refractivity contribution is 6.31. The van der Waals surface area contributed by atoms with E-state index in [1.54, 1.807) is 0 Å². The van der Waals surface area contributed by atoms with Crippen LogP contribution in [0.5, 0.6) is 0 Å². The van der Waals surface area contributed by atoms with Crippen molar-refractivity contribution in [1.29, 1.82) is 0 Å². The standard InChI is InChI=1S/C13H16ClNO2/c1-2-9-4-3-5-12(14)11(9)8-15-6-10(7-15)13(16)17/h3-5,10H,2,6-8H2,1H3,(H,16,17). The second-order valence-corrected chi connectivity index (χ2v) is 4.87. The zero-order valence-electron chi connectivity index (χ0n) is 9.82. The molecule has 3 nitrogen and oxygen atoms in total. The Morgan fingerprint density at radius 1 is 1.53 bits per heavy atom. The van der Waals surface area contributed by atoms with Crippen LogP contribution in [0.15, 0.2) is 18.2 Å². The number of likely N-dealkylation sites (tertiary alicyclic amines) is 1. The number of hydrogen-bond acceptors (Lipinski definition) is 2. The van der Waals surface area contributed by atoms with E-state index >= 15 is 0 Å². The topological polar surface area (TPSA) is 40.5 Å².